The maximum Gasteiger partial charge on any atom is 0.270 e. The topological polar surface area (TPSA) is 59.8 Å². The van der Waals surface area contributed by atoms with Gasteiger partial charge in [-0.3, -0.25) is 4.79 Å². The number of imidazole rings is 1. The summed E-state index contributed by atoms with van der Waals surface area (Å²) >= 11 is 0. The van der Waals surface area contributed by atoms with Gasteiger partial charge in [0.05, 0.1) is 12.5 Å². The van der Waals surface area contributed by atoms with Crippen molar-refractivity contribution in [2.75, 3.05) is 0 Å². The minimum atomic E-state index is -0.450. The number of aromatic nitrogens is 3. The number of nitrogens with one attached hydrogen (secondary N) is 1. The third kappa shape index (κ3) is 3.42. The second-order valence-corrected chi connectivity index (χ2v) is 5.14. The molecule has 0 radical (unpaired) electrons. The predicted molar refractivity (Wildman–Crippen MR) is 83.7 cm³/mol. The maximum atomic E-state index is 13.0. The van der Waals surface area contributed by atoms with Crippen LogP contribution in [0.4, 0.5) is 4.39 Å². The molecule has 0 aliphatic rings. The van der Waals surface area contributed by atoms with E-state index in [9.17, 15) is 9.18 Å². The molecule has 1 N–H and O–H groups in total. The van der Waals surface area contributed by atoms with Gasteiger partial charge in [0.25, 0.3) is 5.91 Å². The Morgan fingerprint density at radius 3 is 2.74 bits per heavy atom. The molecule has 0 saturated heterocycles. The third-order valence-electron chi connectivity index (χ3n) is 3.45. The number of carbonyl (C=O) groups excluding carboxylic acids is 1. The largest absolute Gasteiger partial charge is 0.347 e. The lowest BCUT2D eigenvalue weighted by Gasteiger charge is -2.08. The number of halogens is 1. The van der Waals surface area contributed by atoms with Gasteiger partial charge in [0.15, 0.2) is 0 Å². The van der Waals surface area contributed by atoms with E-state index in [-0.39, 0.29) is 11.6 Å². The maximum absolute atomic E-state index is 13.0. The summed E-state index contributed by atoms with van der Waals surface area (Å²) in [4.78, 5) is 19.9. The highest BCUT2D eigenvalue weighted by Gasteiger charge is 2.11. The smallest absolute Gasteiger partial charge is 0.270 e. The van der Waals surface area contributed by atoms with E-state index in [1.807, 2.05) is 35.0 Å². The van der Waals surface area contributed by atoms with Gasteiger partial charge in [-0.15, -0.1) is 0 Å². The molecule has 2 heterocycles. The number of hydrogen-bond donors (Lipinski definition) is 1. The molecule has 1 aromatic carbocycles. The first-order valence-electron chi connectivity index (χ1n) is 7.11. The Morgan fingerprint density at radius 1 is 1.30 bits per heavy atom. The van der Waals surface area contributed by atoms with Crippen molar-refractivity contribution in [3.63, 3.8) is 0 Å². The van der Waals surface area contributed by atoms with Crippen LogP contribution in [0.2, 0.25) is 0 Å². The van der Waals surface area contributed by atoms with Gasteiger partial charge in [0, 0.05) is 24.6 Å². The van der Waals surface area contributed by atoms with E-state index < -0.39 is 5.82 Å². The van der Waals surface area contributed by atoms with Crippen molar-refractivity contribution in [3.8, 4) is 5.69 Å². The van der Waals surface area contributed by atoms with Crippen molar-refractivity contribution in [3.05, 3.63) is 77.9 Å². The molecule has 3 aromatic rings. The molecule has 116 valence electrons. The Balaban J connectivity index is 1.65. The van der Waals surface area contributed by atoms with Gasteiger partial charge in [-0.25, -0.2) is 14.4 Å². The Labute approximate surface area is 132 Å². The number of nitrogens with zero attached hydrogens (tertiary/aromatic N) is 3. The van der Waals surface area contributed by atoms with E-state index in [2.05, 4.69) is 15.3 Å². The highest BCUT2D eigenvalue weighted by Crippen LogP contribution is 2.10. The first-order valence-corrected chi connectivity index (χ1v) is 7.11. The molecular formula is C17H15FN4O. The van der Waals surface area contributed by atoms with E-state index in [1.54, 1.807) is 19.4 Å². The van der Waals surface area contributed by atoms with Crippen molar-refractivity contribution in [2.24, 2.45) is 0 Å². The second-order valence-electron chi connectivity index (χ2n) is 5.14. The van der Waals surface area contributed by atoms with E-state index in [1.165, 1.54) is 6.07 Å². The molecule has 5 nitrogen and oxygen atoms in total. The molecule has 0 spiro atoms. The summed E-state index contributed by atoms with van der Waals surface area (Å²) in [6, 6.07) is 9.05. The lowest BCUT2D eigenvalue weighted by Crippen LogP contribution is -2.24. The van der Waals surface area contributed by atoms with E-state index >= 15 is 0 Å². The fourth-order valence-electron chi connectivity index (χ4n) is 2.24. The number of aryl methyl sites for hydroxylation is 1. The van der Waals surface area contributed by atoms with Crippen LogP contribution in [-0.2, 0) is 6.54 Å². The average molecular weight is 310 g/mol. The zero-order chi connectivity index (χ0) is 16.2. The molecule has 0 aliphatic heterocycles. The number of hydrogen-bond acceptors (Lipinski definition) is 3. The average Bonchev–Trinajstić information content (AvgIpc) is 3.07. The van der Waals surface area contributed by atoms with Gasteiger partial charge >= 0.3 is 0 Å². The molecule has 2 aromatic heterocycles. The van der Waals surface area contributed by atoms with Crippen molar-refractivity contribution in [1.82, 2.24) is 19.9 Å². The van der Waals surface area contributed by atoms with Gasteiger partial charge in [-0.05, 0) is 36.2 Å². The van der Waals surface area contributed by atoms with Crippen LogP contribution in [0, 0.1) is 12.7 Å². The molecule has 0 saturated carbocycles. The van der Waals surface area contributed by atoms with Gasteiger partial charge in [-0.1, -0.05) is 12.1 Å². The predicted octanol–water partition coefficient (Wildman–Crippen LogP) is 2.64. The minimum Gasteiger partial charge on any atom is -0.347 e. The van der Waals surface area contributed by atoms with Gasteiger partial charge in [-0.2, -0.15) is 0 Å². The summed E-state index contributed by atoms with van der Waals surface area (Å²) in [5.74, 6) is -0.768. The molecule has 23 heavy (non-hydrogen) atoms. The molecule has 0 aliphatic carbocycles. The summed E-state index contributed by atoms with van der Waals surface area (Å²) in [6.07, 6.45) is 6.34. The first kappa shape index (κ1) is 14.9. The monoisotopic (exact) mass is 310 g/mol. The summed E-state index contributed by atoms with van der Waals surface area (Å²) in [5.41, 5.74) is 2.70. The van der Waals surface area contributed by atoms with Crippen molar-refractivity contribution in [2.45, 2.75) is 13.5 Å². The van der Waals surface area contributed by atoms with Crippen molar-refractivity contribution < 1.29 is 9.18 Å². The Bertz CT molecular complexity index is 813. The molecule has 0 fully saturated rings. The van der Waals surface area contributed by atoms with Crippen LogP contribution >= 0.6 is 0 Å². The molecular weight excluding hydrogens is 295 g/mol. The number of rotatable bonds is 4. The number of carbonyl (C=O) groups is 1. The Morgan fingerprint density at radius 2 is 2.09 bits per heavy atom. The highest BCUT2D eigenvalue weighted by molar-refractivity contribution is 5.93. The van der Waals surface area contributed by atoms with Gasteiger partial charge < -0.3 is 9.88 Å². The van der Waals surface area contributed by atoms with E-state index in [0.29, 0.717) is 12.1 Å². The van der Waals surface area contributed by atoms with Gasteiger partial charge in [0.1, 0.15) is 11.5 Å². The highest BCUT2D eigenvalue weighted by atomic mass is 19.1. The molecule has 3 rings (SSSR count). The molecule has 0 unspecified atom stereocenters. The number of pyridine rings is 1. The molecule has 0 bridgehead atoms. The van der Waals surface area contributed by atoms with Crippen LogP contribution in [0.3, 0.4) is 0 Å². The third-order valence-corrected chi connectivity index (χ3v) is 3.45. The summed E-state index contributed by atoms with van der Waals surface area (Å²) in [5, 5.41) is 2.79. The molecule has 6 heteroatoms. The normalized spacial score (nSPS) is 10.5. The molecule has 1 amide bonds. The zero-order valence-electron chi connectivity index (χ0n) is 12.5. The van der Waals surface area contributed by atoms with Crippen LogP contribution in [0.25, 0.3) is 5.69 Å². The van der Waals surface area contributed by atoms with Crippen LogP contribution < -0.4 is 5.32 Å². The Hall–Kier alpha value is -3.02. The van der Waals surface area contributed by atoms with Gasteiger partial charge in [0.2, 0.25) is 0 Å². The zero-order valence-corrected chi connectivity index (χ0v) is 12.5. The quantitative estimate of drug-likeness (QED) is 0.806. The molecule has 0 atom stereocenters. The number of benzene rings is 1. The standard InChI is InChI=1S/C17H15FN4O/c1-12-8-14(18)10-20-16(12)17(23)21-9-13-2-4-15(5-3-13)22-7-6-19-11-22/h2-8,10-11H,9H2,1H3,(H,21,23). The SMILES string of the molecule is Cc1cc(F)cnc1C(=O)NCc1ccc(-n2ccnc2)cc1. The van der Waals surface area contributed by atoms with Crippen LogP contribution in [0.1, 0.15) is 21.6 Å². The summed E-state index contributed by atoms with van der Waals surface area (Å²) < 4.78 is 14.9. The lowest BCUT2D eigenvalue weighted by atomic mass is 10.2. The van der Waals surface area contributed by atoms with Crippen LogP contribution in [-0.4, -0.2) is 20.4 Å². The second kappa shape index (κ2) is 6.39. The van der Waals surface area contributed by atoms with Crippen LogP contribution in [0.15, 0.2) is 55.2 Å². The summed E-state index contributed by atoms with van der Waals surface area (Å²) in [6.45, 7) is 2.03. The first-order chi connectivity index (χ1) is 11.1. The van der Waals surface area contributed by atoms with E-state index in [4.69, 9.17) is 0 Å². The fraction of sp³-hybridized carbons (Fsp3) is 0.118. The van der Waals surface area contributed by atoms with Crippen molar-refractivity contribution >= 4 is 5.91 Å². The number of amides is 1. The lowest BCUT2D eigenvalue weighted by molar-refractivity contribution is 0.0945. The summed E-state index contributed by atoms with van der Waals surface area (Å²) in [7, 11) is 0. The Kier molecular flexibility index (Phi) is 4.14. The fourth-order valence-corrected chi connectivity index (χ4v) is 2.24. The van der Waals surface area contributed by atoms with Crippen molar-refractivity contribution in [1.29, 1.82) is 0 Å². The van der Waals surface area contributed by atoms with Crippen LogP contribution in [0.5, 0.6) is 0 Å². The minimum absolute atomic E-state index is 0.237. The van der Waals surface area contributed by atoms with E-state index in [0.717, 1.165) is 17.4 Å².